The van der Waals surface area contributed by atoms with Gasteiger partial charge in [-0.05, 0) is 61.4 Å². The number of nitrogens with zero attached hydrogens (tertiary/aromatic N) is 3. The normalized spacial score (nSPS) is 23.5. The van der Waals surface area contributed by atoms with Crippen molar-refractivity contribution in [2.45, 2.75) is 69.1 Å². The lowest BCUT2D eigenvalue weighted by Crippen LogP contribution is -2.54. The molecule has 0 radical (unpaired) electrons. The summed E-state index contributed by atoms with van der Waals surface area (Å²) in [5.74, 6) is -0.144. The third kappa shape index (κ3) is 6.99. The summed E-state index contributed by atoms with van der Waals surface area (Å²) in [5.41, 5.74) is 2.11. The number of nitrogens with one attached hydrogen (secondary N) is 1. The molecule has 6 rings (SSSR count). The second kappa shape index (κ2) is 14.8. The molecule has 0 unspecified atom stereocenters. The van der Waals surface area contributed by atoms with Gasteiger partial charge in [0, 0.05) is 39.0 Å². The number of rotatable bonds is 10. The van der Waals surface area contributed by atoms with E-state index in [1.54, 1.807) is 9.80 Å². The number of amides is 3. The topological polar surface area (TPSA) is 93.2 Å². The van der Waals surface area contributed by atoms with E-state index in [-0.39, 0.29) is 37.1 Å². The highest BCUT2D eigenvalue weighted by molar-refractivity contribution is 5.93. The van der Waals surface area contributed by atoms with Crippen molar-refractivity contribution < 1.29 is 19.5 Å². The molecule has 3 aromatic rings. The highest BCUT2D eigenvalue weighted by Gasteiger charge is 2.47. The van der Waals surface area contributed by atoms with E-state index in [9.17, 15) is 19.5 Å². The van der Waals surface area contributed by atoms with Crippen LogP contribution in [0.1, 0.15) is 62.1 Å². The van der Waals surface area contributed by atoms with E-state index in [0.717, 1.165) is 55.6 Å². The van der Waals surface area contributed by atoms with Crippen LogP contribution >= 0.6 is 0 Å². The van der Waals surface area contributed by atoms with Crippen LogP contribution in [0.3, 0.4) is 0 Å². The van der Waals surface area contributed by atoms with Crippen molar-refractivity contribution in [2.75, 3.05) is 39.3 Å². The lowest BCUT2D eigenvalue weighted by atomic mass is 9.67. The standard InChI is InChI=1S/C39H48N4O4/c1-2-41-22-12-14-29(27-41)26-40-37(46)34-21-13-23-42(34)38(47)35-24-33(44)28-43(35)36(45)25-39(30-15-6-3-7-16-30,31-17-8-4-9-18-31)32-19-10-5-11-20-32/h3-11,15-20,29,33-35,44H,2,12-14,21-28H2,1H3,(H,40,46)/t29-,33+,34+,35-/m0/s1. The Bertz CT molecular complexity index is 1400. The molecule has 3 aromatic carbocycles. The Morgan fingerprint density at radius 1 is 0.766 bits per heavy atom. The first-order valence-electron chi connectivity index (χ1n) is 17.4. The number of carbonyl (C=O) groups excluding carboxylic acids is 3. The predicted molar refractivity (Wildman–Crippen MR) is 183 cm³/mol. The molecule has 2 N–H and O–H groups in total. The summed E-state index contributed by atoms with van der Waals surface area (Å²) in [6.45, 7) is 6.45. The summed E-state index contributed by atoms with van der Waals surface area (Å²) in [7, 11) is 0. The number of carbonyl (C=O) groups is 3. The van der Waals surface area contributed by atoms with Crippen molar-refractivity contribution in [1.29, 1.82) is 0 Å². The molecule has 248 valence electrons. The highest BCUT2D eigenvalue weighted by Crippen LogP contribution is 2.43. The summed E-state index contributed by atoms with van der Waals surface area (Å²) < 4.78 is 0. The van der Waals surface area contributed by atoms with Crippen LogP contribution in [0.4, 0.5) is 0 Å². The van der Waals surface area contributed by atoms with Gasteiger partial charge in [-0.25, -0.2) is 0 Å². The molecule has 3 amide bonds. The molecule has 0 bridgehead atoms. The van der Waals surface area contributed by atoms with Crippen LogP contribution in [0.15, 0.2) is 91.0 Å². The first-order chi connectivity index (χ1) is 22.9. The van der Waals surface area contributed by atoms with E-state index in [4.69, 9.17) is 0 Å². The van der Waals surface area contributed by atoms with Gasteiger partial charge < -0.3 is 25.1 Å². The molecular weight excluding hydrogens is 588 g/mol. The Labute approximate surface area is 278 Å². The summed E-state index contributed by atoms with van der Waals surface area (Å²) in [6.07, 6.45) is 3.01. The van der Waals surface area contributed by atoms with Gasteiger partial charge >= 0.3 is 0 Å². The number of benzene rings is 3. The molecule has 3 aliphatic heterocycles. The van der Waals surface area contributed by atoms with Gasteiger partial charge in [0.2, 0.25) is 17.7 Å². The molecule has 0 aromatic heterocycles. The Hall–Kier alpha value is -4.01. The van der Waals surface area contributed by atoms with Crippen LogP contribution in [0, 0.1) is 5.92 Å². The second-order valence-corrected chi connectivity index (χ2v) is 13.5. The van der Waals surface area contributed by atoms with Crippen LogP contribution in [0.5, 0.6) is 0 Å². The highest BCUT2D eigenvalue weighted by atomic mass is 16.3. The van der Waals surface area contributed by atoms with Gasteiger partial charge in [0.05, 0.1) is 11.5 Å². The number of hydrogen-bond donors (Lipinski definition) is 2. The maximum atomic E-state index is 14.6. The van der Waals surface area contributed by atoms with Gasteiger partial charge in [0.1, 0.15) is 12.1 Å². The van der Waals surface area contributed by atoms with Crippen molar-refractivity contribution in [3.63, 3.8) is 0 Å². The zero-order valence-electron chi connectivity index (χ0n) is 27.5. The van der Waals surface area contributed by atoms with E-state index >= 15 is 0 Å². The number of hydrogen-bond acceptors (Lipinski definition) is 5. The minimum Gasteiger partial charge on any atom is -0.391 e. The molecular formula is C39H48N4O4. The minimum atomic E-state index is -0.817. The van der Waals surface area contributed by atoms with E-state index in [1.165, 1.54) is 0 Å². The van der Waals surface area contributed by atoms with E-state index in [2.05, 4.69) is 53.5 Å². The largest absolute Gasteiger partial charge is 0.391 e. The van der Waals surface area contributed by atoms with E-state index in [1.807, 2.05) is 54.6 Å². The van der Waals surface area contributed by atoms with Gasteiger partial charge in [0.15, 0.2) is 0 Å². The Morgan fingerprint density at radius 3 is 1.91 bits per heavy atom. The zero-order valence-corrected chi connectivity index (χ0v) is 27.5. The van der Waals surface area contributed by atoms with Crippen molar-refractivity contribution in [1.82, 2.24) is 20.0 Å². The van der Waals surface area contributed by atoms with Crippen LogP contribution < -0.4 is 5.32 Å². The Morgan fingerprint density at radius 2 is 1.34 bits per heavy atom. The number of aliphatic hydroxyl groups is 1. The molecule has 3 aliphatic rings. The fourth-order valence-electron chi connectivity index (χ4n) is 8.09. The Kier molecular flexibility index (Phi) is 10.4. The van der Waals surface area contributed by atoms with Crippen molar-refractivity contribution in [3.05, 3.63) is 108 Å². The molecule has 3 saturated heterocycles. The average Bonchev–Trinajstić information content (AvgIpc) is 3.78. The maximum Gasteiger partial charge on any atom is 0.246 e. The number of piperidine rings is 1. The third-order valence-corrected chi connectivity index (χ3v) is 10.6. The van der Waals surface area contributed by atoms with Gasteiger partial charge in [-0.15, -0.1) is 0 Å². The minimum absolute atomic E-state index is 0.0849. The monoisotopic (exact) mass is 636 g/mol. The lowest BCUT2D eigenvalue weighted by Gasteiger charge is -2.38. The fraction of sp³-hybridized carbons (Fsp3) is 0.462. The first kappa shape index (κ1) is 32.9. The summed E-state index contributed by atoms with van der Waals surface area (Å²) in [6, 6.07) is 28.7. The molecule has 8 nitrogen and oxygen atoms in total. The summed E-state index contributed by atoms with van der Waals surface area (Å²) in [4.78, 5) is 47.9. The van der Waals surface area contributed by atoms with Crippen LogP contribution in [0.25, 0.3) is 0 Å². The van der Waals surface area contributed by atoms with Crippen molar-refractivity contribution in [3.8, 4) is 0 Å². The smallest absolute Gasteiger partial charge is 0.246 e. The molecule has 0 saturated carbocycles. The second-order valence-electron chi connectivity index (χ2n) is 13.5. The number of aliphatic hydroxyl groups excluding tert-OH is 1. The fourth-order valence-corrected chi connectivity index (χ4v) is 8.09. The average molecular weight is 637 g/mol. The van der Waals surface area contributed by atoms with Crippen LogP contribution in [0.2, 0.25) is 0 Å². The summed E-state index contributed by atoms with van der Waals surface area (Å²) in [5, 5.41) is 14.0. The molecule has 0 spiro atoms. The summed E-state index contributed by atoms with van der Waals surface area (Å²) >= 11 is 0. The molecule has 8 heteroatoms. The third-order valence-electron chi connectivity index (χ3n) is 10.6. The maximum absolute atomic E-state index is 14.6. The van der Waals surface area contributed by atoms with Gasteiger partial charge in [0.25, 0.3) is 0 Å². The lowest BCUT2D eigenvalue weighted by molar-refractivity contribution is -0.146. The van der Waals surface area contributed by atoms with Crippen molar-refractivity contribution in [2.24, 2.45) is 5.92 Å². The number of likely N-dealkylation sites (tertiary alicyclic amines) is 3. The molecule has 3 fully saturated rings. The molecule has 0 aliphatic carbocycles. The zero-order chi connectivity index (χ0) is 32.8. The van der Waals surface area contributed by atoms with E-state index < -0.39 is 23.6 Å². The van der Waals surface area contributed by atoms with Gasteiger partial charge in [-0.2, -0.15) is 0 Å². The number of β-amino-alcohol motifs (C(OH)–C–C–N with tert-alkyl or cyclic N) is 1. The SMILES string of the molecule is CCN1CCC[C@@H](CNC(=O)[C@H]2CCCN2C(=O)[C@@H]2C[C@@H](O)CN2C(=O)CC(c2ccccc2)(c2ccccc2)c2ccccc2)C1. The Balaban J connectivity index is 1.23. The van der Waals surface area contributed by atoms with Gasteiger partial charge in [-0.3, -0.25) is 14.4 Å². The first-order valence-corrected chi connectivity index (χ1v) is 17.4. The van der Waals surface area contributed by atoms with E-state index in [0.29, 0.717) is 25.4 Å². The van der Waals surface area contributed by atoms with Gasteiger partial charge in [-0.1, -0.05) is 97.9 Å². The predicted octanol–water partition coefficient (Wildman–Crippen LogP) is 4.21. The molecule has 47 heavy (non-hydrogen) atoms. The molecule has 3 heterocycles. The quantitative estimate of drug-likeness (QED) is 0.326. The van der Waals surface area contributed by atoms with Crippen LogP contribution in [-0.4, -0.2) is 95.0 Å². The molecule has 4 atom stereocenters. The van der Waals surface area contributed by atoms with Crippen LogP contribution in [-0.2, 0) is 19.8 Å². The van der Waals surface area contributed by atoms with Crippen molar-refractivity contribution >= 4 is 17.7 Å².